The van der Waals surface area contributed by atoms with Crippen LogP contribution in [0.25, 0.3) is 0 Å². The van der Waals surface area contributed by atoms with Gasteiger partial charge in [-0.05, 0) is 62.5 Å². The molecule has 5 nitrogen and oxygen atoms in total. The zero-order valence-corrected chi connectivity index (χ0v) is 12.4. The molecule has 0 radical (unpaired) electrons. The summed E-state index contributed by atoms with van der Waals surface area (Å²) in [5, 5.41) is 6.21. The lowest BCUT2D eigenvalue weighted by Gasteiger charge is -2.22. The lowest BCUT2D eigenvalue weighted by Crippen LogP contribution is -2.30. The summed E-state index contributed by atoms with van der Waals surface area (Å²) < 4.78 is 4.63. The highest BCUT2D eigenvalue weighted by Crippen LogP contribution is 2.17. The van der Waals surface area contributed by atoms with Crippen LogP contribution in [0, 0.1) is 5.92 Å². The second kappa shape index (κ2) is 7.78. The summed E-state index contributed by atoms with van der Waals surface area (Å²) in [7, 11) is 1.35. The number of anilines is 1. The molecule has 1 aliphatic heterocycles. The second-order valence-corrected chi connectivity index (χ2v) is 5.37. The van der Waals surface area contributed by atoms with E-state index in [0.717, 1.165) is 19.5 Å². The van der Waals surface area contributed by atoms with Gasteiger partial charge in [-0.2, -0.15) is 0 Å². The van der Waals surface area contributed by atoms with Crippen molar-refractivity contribution in [3.8, 4) is 0 Å². The maximum Gasteiger partial charge on any atom is 0.337 e. The number of carbonyl (C=O) groups is 2. The molecule has 1 fully saturated rings. The molecule has 21 heavy (non-hydrogen) atoms. The number of carbonyl (C=O) groups excluding carboxylic acids is 2. The normalized spacial score (nSPS) is 18.0. The van der Waals surface area contributed by atoms with Gasteiger partial charge < -0.3 is 15.4 Å². The summed E-state index contributed by atoms with van der Waals surface area (Å²) in [4.78, 5) is 23.2. The van der Waals surface area contributed by atoms with E-state index < -0.39 is 0 Å². The summed E-state index contributed by atoms with van der Waals surface area (Å²) >= 11 is 0. The predicted octanol–water partition coefficient (Wildman–Crippen LogP) is 2.19. The summed E-state index contributed by atoms with van der Waals surface area (Å²) in [5.41, 5.74) is 1.18. The number of amides is 1. The van der Waals surface area contributed by atoms with Crippen LogP contribution < -0.4 is 10.6 Å². The average molecular weight is 290 g/mol. The zero-order chi connectivity index (χ0) is 15.1. The lowest BCUT2D eigenvalue weighted by molar-refractivity contribution is -0.116. The van der Waals surface area contributed by atoms with Crippen molar-refractivity contribution in [2.45, 2.75) is 25.7 Å². The molecule has 1 atom stereocenters. The predicted molar refractivity (Wildman–Crippen MR) is 81.2 cm³/mol. The van der Waals surface area contributed by atoms with Crippen molar-refractivity contribution in [3.63, 3.8) is 0 Å². The number of ether oxygens (including phenoxy) is 1. The quantitative estimate of drug-likeness (QED) is 0.816. The van der Waals surface area contributed by atoms with Gasteiger partial charge in [0, 0.05) is 12.1 Å². The molecule has 1 aromatic carbocycles. The van der Waals surface area contributed by atoms with E-state index >= 15 is 0 Å². The van der Waals surface area contributed by atoms with Gasteiger partial charge in [-0.3, -0.25) is 4.79 Å². The smallest absolute Gasteiger partial charge is 0.337 e. The Kier molecular flexibility index (Phi) is 5.75. The Bertz CT molecular complexity index is 479. The van der Waals surface area contributed by atoms with Crippen LogP contribution in [0.4, 0.5) is 5.69 Å². The molecule has 1 amide bonds. The monoisotopic (exact) mass is 290 g/mol. The lowest BCUT2D eigenvalue weighted by atomic mass is 9.94. The molecule has 2 N–H and O–H groups in total. The minimum absolute atomic E-state index is 0.0198. The first-order chi connectivity index (χ1) is 10.2. The summed E-state index contributed by atoms with van der Waals surface area (Å²) in [6.07, 6.45) is 3.85. The number of piperidine rings is 1. The highest BCUT2D eigenvalue weighted by atomic mass is 16.5. The molecule has 1 unspecified atom stereocenters. The number of rotatable bonds is 5. The summed E-state index contributed by atoms with van der Waals surface area (Å²) in [6, 6.07) is 6.72. The molecule has 2 rings (SSSR count). The molecule has 0 saturated carbocycles. The highest BCUT2D eigenvalue weighted by Gasteiger charge is 2.14. The largest absolute Gasteiger partial charge is 0.465 e. The van der Waals surface area contributed by atoms with E-state index in [1.807, 2.05) is 0 Å². The van der Waals surface area contributed by atoms with Crippen LogP contribution in [0.1, 0.15) is 36.0 Å². The van der Waals surface area contributed by atoms with Crippen LogP contribution >= 0.6 is 0 Å². The Hall–Kier alpha value is -1.88. The van der Waals surface area contributed by atoms with Gasteiger partial charge in [0.25, 0.3) is 0 Å². The number of benzene rings is 1. The number of hydrogen-bond donors (Lipinski definition) is 2. The fraction of sp³-hybridized carbons (Fsp3) is 0.500. The van der Waals surface area contributed by atoms with E-state index in [1.54, 1.807) is 24.3 Å². The molecular weight excluding hydrogens is 268 g/mol. The molecule has 0 aromatic heterocycles. The Morgan fingerprint density at radius 2 is 2.10 bits per heavy atom. The molecular formula is C16H22N2O3. The molecule has 0 spiro atoms. The molecule has 5 heteroatoms. The van der Waals surface area contributed by atoms with Gasteiger partial charge in [0.2, 0.25) is 5.91 Å². The van der Waals surface area contributed by atoms with Crippen LogP contribution in [0.15, 0.2) is 24.3 Å². The van der Waals surface area contributed by atoms with Crippen LogP contribution in [0.2, 0.25) is 0 Å². The highest BCUT2D eigenvalue weighted by molar-refractivity contribution is 5.93. The third-order valence-electron chi connectivity index (χ3n) is 3.77. The van der Waals surface area contributed by atoms with Crippen LogP contribution in [-0.2, 0) is 9.53 Å². The van der Waals surface area contributed by atoms with Crippen molar-refractivity contribution in [2.75, 3.05) is 25.5 Å². The van der Waals surface area contributed by atoms with Crippen LogP contribution in [-0.4, -0.2) is 32.1 Å². The maximum absolute atomic E-state index is 11.9. The fourth-order valence-electron chi connectivity index (χ4n) is 2.54. The molecule has 1 heterocycles. The van der Waals surface area contributed by atoms with Gasteiger partial charge in [-0.15, -0.1) is 0 Å². The molecule has 1 aliphatic rings. The van der Waals surface area contributed by atoms with E-state index in [9.17, 15) is 9.59 Å². The molecule has 0 aliphatic carbocycles. The van der Waals surface area contributed by atoms with Crippen LogP contribution in [0.5, 0.6) is 0 Å². The van der Waals surface area contributed by atoms with Gasteiger partial charge in [-0.1, -0.05) is 0 Å². The van der Waals surface area contributed by atoms with Crippen molar-refractivity contribution in [2.24, 2.45) is 5.92 Å². The first-order valence-corrected chi connectivity index (χ1v) is 7.38. The van der Waals surface area contributed by atoms with Gasteiger partial charge in [0.1, 0.15) is 0 Å². The second-order valence-electron chi connectivity index (χ2n) is 5.37. The first kappa shape index (κ1) is 15.5. The van der Waals surface area contributed by atoms with Crippen molar-refractivity contribution >= 4 is 17.6 Å². The van der Waals surface area contributed by atoms with Crippen molar-refractivity contribution < 1.29 is 14.3 Å². The van der Waals surface area contributed by atoms with Gasteiger partial charge in [0.05, 0.1) is 12.7 Å². The Balaban J connectivity index is 1.77. The van der Waals surface area contributed by atoms with E-state index in [1.165, 1.54) is 20.0 Å². The van der Waals surface area contributed by atoms with E-state index in [-0.39, 0.29) is 11.9 Å². The molecule has 0 bridgehead atoms. The number of methoxy groups -OCH3 is 1. The van der Waals surface area contributed by atoms with E-state index in [2.05, 4.69) is 15.4 Å². The van der Waals surface area contributed by atoms with Gasteiger partial charge >= 0.3 is 5.97 Å². The number of nitrogens with one attached hydrogen (secondary N) is 2. The first-order valence-electron chi connectivity index (χ1n) is 7.38. The Labute approximate surface area is 125 Å². The Morgan fingerprint density at radius 1 is 1.33 bits per heavy atom. The van der Waals surface area contributed by atoms with Crippen molar-refractivity contribution in [1.29, 1.82) is 0 Å². The van der Waals surface area contributed by atoms with Crippen LogP contribution in [0.3, 0.4) is 0 Å². The number of esters is 1. The topological polar surface area (TPSA) is 67.4 Å². The third kappa shape index (κ3) is 4.86. The minimum atomic E-state index is -0.377. The number of hydrogen-bond acceptors (Lipinski definition) is 4. The van der Waals surface area contributed by atoms with E-state index in [0.29, 0.717) is 23.6 Å². The molecule has 114 valence electrons. The zero-order valence-electron chi connectivity index (χ0n) is 12.4. The average Bonchev–Trinajstić information content (AvgIpc) is 2.54. The molecule has 1 saturated heterocycles. The van der Waals surface area contributed by atoms with Crippen molar-refractivity contribution in [3.05, 3.63) is 29.8 Å². The maximum atomic E-state index is 11.9. The standard InChI is InChI=1S/C16H22N2O3/c1-21-16(20)13-5-7-14(8-6-13)18-15(19)9-4-12-3-2-10-17-11-12/h5-8,12,17H,2-4,9-11H2,1H3,(H,18,19). The summed E-state index contributed by atoms with van der Waals surface area (Å²) in [6.45, 7) is 2.11. The SMILES string of the molecule is COC(=O)c1ccc(NC(=O)CCC2CCCNC2)cc1. The molecule has 1 aromatic rings. The summed E-state index contributed by atoms with van der Waals surface area (Å²) in [5.74, 6) is 0.246. The van der Waals surface area contributed by atoms with Crippen molar-refractivity contribution in [1.82, 2.24) is 5.32 Å². The Morgan fingerprint density at radius 3 is 2.71 bits per heavy atom. The van der Waals surface area contributed by atoms with Gasteiger partial charge in [-0.25, -0.2) is 4.79 Å². The van der Waals surface area contributed by atoms with E-state index in [4.69, 9.17) is 0 Å². The fourth-order valence-corrected chi connectivity index (χ4v) is 2.54. The third-order valence-corrected chi connectivity index (χ3v) is 3.77. The van der Waals surface area contributed by atoms with Gasteiger partial charge in [0.15, 0.2) is 0 Å². The minimum Gasteiger partial charge on any atom is -0.465 e.